The van der Waals surface area contributed by atoms with Crippen LogP contribution in [0.25, 0.3) is 0 Å². The van der Waals surface area contributed by atoms with Crippen LogP contribution in [0.4, 0.5) is 0 Å². The van der Waals surface area contributed by atoms with Gasteiger partial charge in [0.05, 0.1) is 0 Å². The van der Waals surface area contributed by atoms with Crippen molar-refractivity contribution in [2.75, 3.05) is 6.61 Å². The minimum absolute atomic E-state index is 0.0928. The first kappa shape index (κ1) is 14.3. The van der Waals surface area contributed by atoms with Crippen LogP contribution in [0, 0.1) is 0 Å². The summed E-state index contributed by atoms with van der Waals surface area (Å²) < 4.78 is 5.49. The maximum Gasteiger partial charge on any atom is 0.170 e. The fraction of sp³-hybridized carbons (Fsp3) is 0.294. The highest BCUT2D eigenvalue weighted by atomic mass is 16.5. The predicted molar refractivity (Wildman–Crippen MR) is 78.9 cm³/mol. The third-order valence-electron chi connectivity index (χ3n) is 3.12. The molecule has 0 N–H and O–H groups in total. The van der Waals surface area contributed by atoms with Crippen LogP contribution in [0.1, 0.15) is 24.6 Å². The normalized spacial score (nSPS) is 10.2. The Labute approximate surface area is 119 Å². The van der Waals surface area contributed by atoms with Crippen molar-refractivity contribution in [3.63, 3.8) is 0 Å². The van der Waals surface area contributed by atoms with Gasteiger partial charge < -0.3 is 4.74 Å². The molecule has 1 aromatic heterocycles. The minimum atomic E-state index is 0.0928. The molecule has 0 saturated carbocycles. The molecular formula is C17H19NO2. The number of ketones is 1. The lowest BCUT2D eigenvalue weighted by atomic mass is 10.1. The molecule has 1 heterocycles. The van der Waals surface area contributed by atoms with Gasteiger partial charge in [0.1, 0.15) is 12.4 Å². The number of rotatable bonds is 7. The van der Waals surface area contributed by atoms with Crippen molar-refractivity contribution in [3.8, 4) is 5.75 Å². The number of hydrogen-bond acceptors (Lipinski definition) is 3. The molecule has 0 radical (unpaired) electrons. The molecule has 0 unspecified atom stereocenters. The molecule has 3 heteroatoms. The van der Waals surface area contributed by atoms with Crippen LogP contribution < -0.4 is 4.74 Å². The van der Waals surface area contributed by atoms with E-state index in [1.807, 2.05) is 42.5 Å². The highest BCUT2D eigenvalue weighted by Crippen LogP contribution is 2.12. The van der Waals surface area contributed by atoms with Gasteiger partial charge in [-0.1, -0.05) is 25.1 Å². The van der Waals surface area contributed by atoms with Gasteiger partial charge in [-0.15, -0.1) is 0 Å². The number of Topliss-reactive ketones (excluding diaryl/α,β-unsaturated/α-hetero) is 1. The lowest BCUT2D eigenvalue weighted by molar-refractivity contribution is -0.121. The number of carbonyl (C=O) groups is 1. The first-order valence-electron chi connectivity index (χ1n) is 6.91. The monoisotopic (exact) mass is 269 g/mol. The second-order valence-electron chi connectivity index (χ2n) is 4.65. The van der Waals surface area contributed by atoms with E-state index in [0.29, 0.717) is 12.8 Å². The van der Waals surface area contributed by atoms with Gasteiger partial charge in [0.15, 0.2) is 5.78 Å². The molecule has 0 aliphatic heterocycles. The lowest BCUT2D eigenvalue weighted by Gasteiger charge is -2.06. The minimum Gasteiger partial charge on any atom is -0.486 e. The van der Waals surface area contributed by atoms with Crippen molar-refractivity contribution in [1.29, 1.82) is 0 Å². The van der Waals surface area contributed by atoms with Gasteiger partial charge in [-0.3, -0.25) is 9.78 Å². The molecule has 0 atom stereocenters. The number of pyridine rings is 1. The molecule has 0 fully saturated rings. The summed E-state index contributed by atoms with van der Waals surface area (Å²) in [5.41, 5.74) is 2.20. The van der Waals surface area contributed by atoms with Gasteiger partial charge in [-0.05, 0) is 42.7 Å². The van der Waals surface area contributed by atoms with Crippen LogP contribution in [0.15, 0.2) is 48.7 Å². The zero-order chi connectivity index (χ0) is 14.2. The largest absolute Gasteiger partial charge is 0.486 e. The van der Waals surface area contributed by atoms with E-state index in [2.05, 4.69) is 11.9 Å². The second-order valence-corrected chi connectivity index (χ2v) is 4.65. The molecule has 1 aromatic carbocycles. The molecule has 0 aliphatic rings. The zero-order valence-electron chi connectivity index (χ0n) is 11.7. The van der Waals surface area contributed by atoms with Crippen molar-refractivity contribution in [3.05, 3.63) is 59.9 Å². The summed E-state index contributed by atoms with van der Waals surface area (Å²) in [6.07, 6.45) is 3.87. The van der Waals surface area contributed by atoms with Gasteiger partial charge in [-0.2, -0.15) is 0 Å². The summed E-state index contributed by atoms with van der Waals surface area (Å²) in [4.78, 5) is 16.0. The highest BCUT2D eigenvalue weighted by Gasteiger charge is 2.04. The molecule has 3 nitrogen and oxygen atoms in total. The van der Waals surface area contributed by atoms with Crippen LogP contribution in [0.5, 0.6) is 5.75 Å². The SMILES string of the molecule is CCc1ccc(OCC(=O)CCc2ccccn2)cc1. The van der Waals surface area contributed by atoms with Crippen LogP contribution in [0.2, 0.25) is 0 Å². The molecule has 0 bridgehead atoms. The Morgan fingerprint density at radius 2 is 1.95 bits per heavy atom. The van der Waals surface area contributed by atoms with Crippen LogP contribution >= 0.6 is 0 Å². The molecule has 0 aliphatic carbocycles. The summed E-state index contributed by atoms with van der Waals surface area (Å²) in [5, 5.41) is 0. The molecule has 0 amide bonds. The fourth-order valence-corrected chi connectivity index (χ4v) is 1.87. The molecule has 2 aromatic rings. The maximum absolute atomic E-state index is 11.8. The average molecular weight is 269 g/mol. The van der Waals surface area contributed by atoms with Gasteiger partial charge in [-0.25, -0.2) is 0 Å². The van der Waals surface area contributed by atoms with E-state index in [4.69, 9.17) is 4.74 Å². The summed E-state index contributed by atoms with van der Waals surface area (Å²) in [6.45, 7) is 2.23. The Morgan fingerprint density at radius 3 is 2.60 bits per heavy atom. The third-order valence-corrected chi connectivity index (χ3v) is 3.12. The average Bonchev–Trinajstić information content (AvgIpc) is 2.52. The molecule has 20 heavy (non-hydrogen) atoms. The van der Waals surface area contributed by atoms with E-state index in [1.165, 1.54) is 5.56 Å². The van der Waals surface area contributed by atoms with Gasteiger partial charge in [0.2, 0.25) is 0 Å². The summed E-state index contributed by atoms with van der Waals surface area (Å²) in [7, 11) is 0. The Balaban J connectivity index is 1.74. The van der Waals surface area contributed by atoms with Crippen LogP contribution in [-0.4, -0.2) is 17.4 Å². The number of carbonyl (C=O) groups excluding carboxylic acids is 1. The molecule has 2 rings (SSSR count). The Bertz CT molecular complexity index is 535. The lowest BCUT2D eigenvalue weighted by Crippen LogP contribution is -2.12. The predicted octanol–water partition coefficient (Wildman–Crippen LogP) is 3.22. The van der Waals surface area contributed by atoms with Crippen molar-refractivity contribution in [2.24, 2.45) is 0 Å². The van der Waals surface area contributed by atoms with Crippen molar-refractivity contribution < 1.29 is 9.53 Å². The number of hydrogen-bond donors (Lipinski definition) is 0. The Morgan fingerprint density at radius 1 is 1.15 bits per heavy atom. The molecule has 0 saturated heterocycles. The van der Waals surface area contributed by atoms with E-state index in [1.54, 1.807) is 6.20 Å². The summed E-state index contributed by atoms with van der Waals surface area (Å²) in [6, 6.07) is 13.6. The summed E-state index contributed by atoms with van der Waals surface area (Å²) in [5.74, 6) is 0.837. The number of aromatic nitrogens is 1. The van der Waals surface area contributed by atoms with E-state index < -0.39 is 0 Å². The number of aryl methyl sites for hydroxylation is 2. The maximum atomic E-state index is 11.8. The number of ether oxygens (including phenoxy) is 1. The van der Waals surface area contributed by atoms with Crippen molar-refractivity contribution in [1.82, 2.24) is 4.98 Å². The van der Waals surface area contributed by atoms with E-state index >= 15 is 0 Å². The first-order valence-corrected chi connectivity index (χ1v) is 6.91. The fourth-order valence-electron chi connectivity index (χ4n) is 1.87. The van der Waals surface area contributed by atoms with E-state index in [9.17, 15) is 4.79 Å². The highest BCUT2D eigenvalue weighted by molar-refractivity contribution is 5.80. The molecule has 0 spiro atoms. The topological polar surface area (TPSA) is 39.2 Å². The van der Waals surface area contributed by atoms with Crippen molar-refractivity contribution >= 4 is 5.78 Å². The molecule has 104 valence electrons. The first-order chi connectivity index (χ1) is 9.78. The van der Waals surface area contributed by atoms with Gasteiger partial charge in [0, 0.05) is 18.3 Å². The zero-order valence-corrected chi connectivity index (χ0v) is 11.7. The van der Waals surface area contributed by atoms with Gasteiger partial charge in [0.25, 0.3) is 0 Å². The van der Waals surface area contributed by atoms with E-state index in [0.717, 1.165) is 17.9 Å². The second kappa shape index (κ2) is 7.43. The standard InChI is InChI=1S/C17H19NO2/c1-2-14-6-10-17(11-7-14)20-13-16(19)9-8-15-5-3-4-12-18-15/h3-7,10-12H,2,8-9,13H2,1H3. The number of nitrogens with zero attached hydrogens (tertiary/aromatic N) is 1. The molecular weight excluding hydrogens is 250 g/mol. The third kappa shape index (κ3) is 4.50. The van der Waals surface area contributed by atoms with Gasteiger partial charge >= 0.3 is 0 Å². The quantitative estimate of drug-likeness (QED) is 0.774. The smallest absolute Gasteiger partial charge is 0.170 e. The number of benzene rings is 1. The van der Waals surface area contributed by atoms with Crippen LogP contribution in [0.3, 0.4) is 0 Å². The Kier molecular flexibility index (Phi) is 5.30. The van der Waals surface area contributed by atoms with Crippen LogP contribution in [-0.2, 0) is 17.6 Å². The summed E-state index contributed by atoms with van der Waals surface area (Å²) >= 11 is 0. The van der Waals surface area contributed by atoms with Crippen molar-refractivity contribution in [2.45, 2.75) is 26.2 Å². The van der Waals surface area contributed by atoms with E-state index in [-0.39, 0.29) is 12.4 Å². The Hall–Kier alpha value is -2.16.